The molecule has 1 fully saturated rings. The van der Waals surface area contributed by atoms with Gasteiger partial charge in [-0.1, -0.05) is 13.8 Å². The van der Waals surface area contributed by atoms with Crippen LogP contribution < -0.4 is 16.4 Å². The second-order valence-corrected chi connectivity index (χ2v) is 6.36. The lowest BCUT2D eigenvalue weighted by atomic mass is 10.1. The maximum Gasteiger partial charge on any atom is 0.231 e. The van der Waals surface area contributed by atoms with Gasteiger partial charge < -0.3 is 21.3 Å². The summed E-state index contributed by atoms with van der Waals surface area (Å²) in [6.45, 7) is 13.5. The zero-order chi connectivity index (χ0) is 17.8. The molecule has 0 bridgehead atoms. The largest absolute Gasteiger partial charge is 0.369 e. The molecule has 0 atom stereocenters. The molecule has 24 heavy (non-hydrogen) atoms. The van der Waals surface area contributed by atoms with Crippen LogP contribution in [0, 0.1) is 0 Å². The maximum absolute atomic E-state index is 11.0. The van der Waals surface area contributed by atoms with E-state index in [-0.39, 0.29) is 5.91 Å². The van der Waals surface area contributed by atoms with Crippen molar-refractivity contribution in [1.29, 1.82) is 0 Å². The lowest BCUT2D eigenvalue weighted by Crippen LogP contribution is -2.50. The van der Waals surface area contributed by atoms with Gasteiger partial charge in [-0.2, -0.15) is 0 Å². The molecule has 140 valence electrons. The van der Waals surface area contributed by atoms with Gasteiger partial charge in [0.05, 0.1) is 13.1 Å². The molecule has 1 aliphatic rings. The molecule has 1 rings (SSSR count). The molecule has 0 radical (unpaired) electrons. The monoisotopic (exact) mass is 340 g/mol. The van der Waals surface area contributed by atoms with E-state index in [4.69, 9.17) is 10.7 Å². The van der Waals surface area contributed by atoms with Crippen molar-refractivity contribution in [2.75, 3.05) is 52.4 Å². The van der Waals surface area contributed by atoms with Gasteiger partial charge >= 0.3 is 0 Å². The molecule has 1 aliphatic heterocycles. The highest BCUT2D eigenvalue weighted by atomic mass is 16.1. The molecule has 7 heteroatoms. The number of rotatable bonds is 10. The first kappa shape index (κ1) is 20.7. The van der Waals surface area contributed by atoms with Crippen molar-refractivity contribution in [1.82, 2.24) is 20.4 Å². The first-order valence-electron chi connectivity index (χ1n) is 9.36. The Hall–Kier alpha value is -1.34. The molecular weight excluding hydrogens is 304 g/mol. The number of primary amides is 1. The Morgan fingerprint density at radius 1 is 1.25 bits per heavy atom. The van der Waals surface area contributed by atoms with E-state index in [0.29, 0.717) is 12.6 Å². The highest BCUT2D eigenvalue weighted by Crippen LogP contribution is 2.09. The quantitative estimate of drug-likeness (QED) is 0.391. The van der Waals surface area contributed by atoms with Crippen LogP contribution in [0.4, 0.5) is 0 Å². The predicted octanol–water partition coefficient (Wildman–Crippen LogP) is 0.223. The molecule has 7 nitrogen and oxygen atoms in total. The average Bonchev–Trinajstić information content (AvgIpc) is 2.55. The van der Waals surface area contributed by atoms with E-state index in [9.17, 15) is 4.79 Å². The molecule has 1 heterocycles. The second-order valence-electron chi connectivity index (χ2n) is 6.36. The number of nitrogens with one attached hydrogen (secondary N) is 2. The van der Waals surface area contributed by atoms with Gasteiger partial charge in [0.15, 0.2) is 5.96 Å². The summed E-state index contributed by atoms with van der Waals surface area (Å²) in [5, 5.41) is 6.86. The Balaban J connectivity index is 2.39. The number of hydrogen-bond acceptors (Lipinski definition) is 4. The molecule has 0 unspecified atom stereocenters. The van der Waals surface area contributed by atoms with Crippen molar-refractivity contribution in [2.45, 2.75) is 46.1 Å². The van der Waals surface area contributed by atoms with Gasteiger partial charge in [0.2, 0.25) is 5.91 Å². The van der Waals surface area contributed by atoms with Crippen molar-refractivity contribution >= 4 is 11.9 Å². The minimum atomic E-state index is -0.246. The van der Waals surface area contributed by atoms with E-state index < -0.39 is 0 Å². The number of piperidine rings is 1. The number of carbonyl (C=O) groups is 1. The summed E-state index contributed by atoms with van der Waals surface area (Å²) >= 11 is 0. The summed E-state index contributed by atoms with van der Waals surface area (Å²) in [7, 11) is 0. The van der Waals surface area contributed by atoms with E-state index in [2.05, 4.69) is 41.2 Å². The summed E-state index contributed by atoms with van der Waals surface area (Å²) in [6, 6.07) is 0.407. The number of guanidine groups is 1. The van der Waals surface area contributed by atoms with Gasteiger partial charge in [-0.15, -0.1) is 0 Å². The number of carbonyl (C=O) groups excluding carboxylic acids is 1. The summed E-state index contributed by atoms with van der Waals surface area (Å²) in [5.74, 6) is 0.655. The van der Waals surface area contributed by atoms with Gasteiger partial charge in [0.1, 0.15) is 0 Å². The Morgan fingerprint density at radius 2 is 1.96 bits per heavy atom. The number of amides is 1. The minimum Gasteiger partial charge on any atom is -0.369 e. The SMILES string of the molecule is CCCN(CC)CCN=C(NCC)NC1CCN(CC(N)=O)CC1. The zero-order valence-corrected chi connectivity index (χ0v) is 15.7. The van der Waals surface area contributed by atoms with Crippen molar-refractivity contribution < 1.29 is 4.79 Å². The number of likely N-dealkylation sites (N-methyl/N-ethyl adjacent to an activating group) is 1. The number of nitrogens with two attached hydrogens (primary N) is 1. The molecule has 0 spiro atoms. The first-order chi connectivity index (χ1) is 11.6. The molecular formula is C17H36N6O. The van der Waals surface area contributed by atoms with Gasteiger partial charge in [-0.25, -0.2) is 0 Å². The molecule has 1 amide bonds. The topological polar surface area (TPSA) is 86.0 Å². The van der Waals surface area contributed by atoms with E-state index >= 15 is 0 Å². The van der Waals surface area contributed by atoms with E-state index in [1.807, 2.05) is 0 Å². The number of nitrogens with zero attached hydrogens (tertiary/aromatic N) is 3. The van der Waals surface area contributed by atoms with Crippen LogP contribution in [0.5, 0.6) is 0 Å². The van der Waals surface area contributed by atoms with Crippen LogP contribution in [0.15, 0.2) is 4.99 Å². The van der Waals surface area contributed by atoms with Gasteiger partial charge in [-0.05, 0) is 39.3 Å². The predicted molar refractivity (Wildman–Crippen MR) is 100 cm³/mol. The van der Waals surface area contributed by atoms with Crippen LogP contribution in [0.1, 0.15) is 40.0 Å². The normalized spacial score (nSPS) is 17.2. The van der Waals surface area contributed by atoms with E-state index in [0.717, 1.165) is 64.6 Å². The molecule has 0 aliphatic carbocycles. The summed E-state index contributed by atoms with van der Waals surface area (Å²) in [4.78, 5) is 20.2. The number of likely N-dealkylation sites (tertiary alicyclic amines) is 1. The van der Waals surface area contributed by atoms with E-state index in [1.54, 1.807) is 0 Å². The maximum atomic E-state index is 11.0. The van der Waals surface area contributed by atoms with Crippen LogP contribution in [0.25, 0.3) is 0 Å². The minimum absolute atomic E-state index is 0.246. The molecule has 0 aromatic heterocycles. The van der Waals surface area contributed by atoms with Crippen LogP contribution in [-0.2, 0) is 4.79 Å². The molecule has 1 saturated heterocycles. The Bertz CT molecular complexity index is 379. The lowest BCUT2D eigenvalue weighted by Gasteiger charge is -2.32. The third-order valence-electron chi connectivity index (χ3n) is 4.33. The number of aliphatic imine (C=N–C) groups is 1. The highest BCUT2D eigenvalue weighted by molar-refractivity contribution is 5.80. The third-order valence-corrected chi connectivity index (χ3v) is 4.33. The van der Waals surface area contributed by atoms with Crippen molar-refractivity contribution in [3.8, 4) is 0 Å². The fourth-order valence-electron chi connectivity index (χ4n) is 3.02. The van der Waals surface area contributed by atoms with Crippen LogP contribution in [0.2, 0.25) is 0 Å². The molecule has 0 aromatic carbocycles. The van der Waals surface area contributed by atoms with Crippen LogP contribution in [0.3, 0.4) is 0 Å². The Kier molecular flexibility index (Phi) is 10.4. The van der Waals surface area contributed by atoms with E-state index in [1.165, 1.54) is 6.42 Å². The molecule has 4 N–H and O–H groups in total. The lowest BCUT2D eigenvalue weighted by molar-refractivity contribution is -0.119. The third kappa shape index (κ3) is 8.49. The number of hydrogen-bond donors (Lipinski definition) is 3. The van der Waals surface area contributed by atoms with Crippen molar-refractivity contribution in [2.24, 2.45) is 10.7 Å². The summed E-state index contributed by atoms with van der Waals surface area (Å²) < 4.78 is 0. The standard InChI is InChI=1S/C17H36N6O/c1-4-10-22(6-3)13-9-20-17(19-5-2)21-15-7-11-23(12-8-15)14-16(18)24/h15H,4-14H2,1-3H3,(H2,18,24)(H2,19,20,21). The highest BCUT2D eigenvalue weighted by Gasteiger charge is 2.20. The van der Waals surface area contributed by atoms with Crippen molar-refractivity contribution in [3.05, 3.63) is 0 Å². The Morgan fingerprint density at radius 3 is 2.50 bits per heavy atom. The van der Waals surface area contributed by atoms with Crippen LogP contribution in [-0.4, -0.2) is 80.1 Å². The second kappa shape index (κ2) is 12.1. The van der Waals surface area contributed by atoms with Crippen LogP contribution >= 0.6 is 0 Å². The zero-order valence-electron chi connectivity index (χ0n) is 15.7. The van der Waals surface area contributed by atoms with Gasteiger partial charge in [0.25, 0.3) is 0 Å². The van der Waals surface area contributed by atoms with Gasteiger partial charge in [0, 0.05) is 32.2 Å². The van der Waals surface area contributed by atoms with Crippen molar-refractivity contribution in [3.63, 3.8) is 0 Å². The Labute approximate surface area is 147 Å². The van der Waals surface area contributed by atoms with Gasteiger partial charge in [-0.3, -0.25) is 14.7 Å². The average molecular weight is 341 g/mol. The fraction of sp³-hybridized carbons (Fsp3) is 0.882. The summed E-state index contributed by atoms with van der Waals surface area (Å²) in [6.07, 6.45) is 3.20. The summed E-state index contributed by atoms with van der Waals surface area (Å²) in [5.41, 5.74) is 5.26. The fourth-order valence-corrected chi connectivity index (χ4v) is 3.02. The first-order valence-corrected chi connectivity index (χ1v) is 9.36. The molecule has 0 aromatic rings. The smallest absolute Gasteiger partial charge is 0.231 e. The molecule has 0 saturated carbocycles.